The zero-order valence-electron chi connectivity index (χ0n) is 20.4. The van der Waals surface area contributed by atoms with Gasteiger partial charge in [0.05, 0.1) is 42.3 Å². The summed E-state index contributed by atoms with van der Waals surface area (Å²) in [5, 5.41) is 16.1. The Balaban J connectivity index is 1.43. The summed E-state index contributed by atoms with van der Waals surface area (Å²) >= 11 is 0. The van der Waals surface area contributed by atoms with Crippen molar-refractivity contribution in [2.45, 2.75) is 32.0 Å². The second-order valence-electron chi connectivity index (χ2n) is 8.70. The number of aromatic nitrogens is 5. The number of carbonyl (C=O) groups is 1. The van der Waals surface area contributed by atoms with Gasteiger partial charge in [-0.05, 0) is 18.6 Å². The first-order chi connectivity index (χ1) is 18.2. The average Bonchev–Trinajstić information content (AvgIpc) is 3.21. The van der Waals surface area contributed by atoms with Gasteiger partial charge in [-0.2, -0.15) is 28.4 Å². The van der Waals surface area contributed by atoms with Crippen molar-refractivity contribution in [3.63, 3.8) is 0 Å². The van der Waals surface area contributed by atoms with E-state index < -0.39 is 49.9 Å². The maximum Gasteiger partial charge on any atom is 0.435 e. The molecule has 1 saturated heterocycles. The summed E-state index contributed by atoms with van der Waals surface area (Å²) in [6.45, 7) is -0.914. The van der Waals surface area contributed by atoms with Crippen molar-refractivity contribution in [3.8, 4) is 17.1 Å². The van der Waals surface area contributed by atoms with Crippen LogP contribution in [0.4, 0.5) is 47.0 Å². The number of pyridine rings is 1. The van der Waals surface area contributed by atoms with Crippen LogP contribution in [0.15, 0.2) is 24.4 Å². The van der Waals surface area contributed by atoms with Crippen LogP contribution in [0.1, 0.15) is 17.0 Å². The molecule has 4 heterocycles. The maximum atomic E-state index is 13.3. The van der Waals surface area contributed by atoms with Crippen LogP contribution in [0.2, 0.25) is 0 Å². The lowest BCUT2D eigenvalue weighted by atomic mass is 10.1. The minimum atomic E-state index is -4.70. The Morgan fingerprint density at radius 2 is 1.90 bits per heavy atom. The van der Waals surface area contributed by atoms with Crippen LogP contribution in [-0.4, -0.2) is 63.0 Å². The molecule has 2 N–H and O–H groups in total. The SMILES string of the molecule is Cc1cc(CNC(=O)Nc2cc(OCC(F)F)nc(N3CC(F)(F)C3)c2)nnc1-c1cn(C)nc1C(F)(F)F. The number of urea groups is 1. The molecule has 0 spiro atoms. The topological polar surface area (TPSA) is 110 Å². The first-order valence-corrected chi connectivity index (χ1v) is 11.3. The maximum absolute atomic E-state index is 13.3. The van der Waals surface area contributed by atoms with Gasteiger partial charge in [-0.15, -0.1) is 5.10 Å². The van der Waals surface area contributed by atoms with Crippen molar-refractivity contribution < 1.29 is 40.3 Å². The summed E-state index contributed by atoms with van der Waals surface area (Å²) in [6, 6.07) is 3.08. The van der Waals surface area contributed by atoms with E-state index in [0.717, 1.165) is 10.7 Å². The highest BCUT2D eigenvalue weighted by Crippen LogP contribution is 2.36. The molecule has 17 heteroatoms. The number of carbonyl (C=O) groups excluding carboxylic acids is 1. The van der Waals surface area contributed by atoms with Gasteiger partial charge in [-0.25, -0.2) is 22.4 Å². The van der Waals surface area contributed by atoms with E-state index in [-0.39, 0.29) is 40.9 Å². The van der Waals surface area contributed by atoms with E-state index in [4.69, 9.17) is 4.74 Å². The lowest BCUT2D eigenvalue weighted by Gasteiger charge is -2.39. The minimum absolute atomic E-state index is 0.00583. The number of rotatable bonds is 8. The third-order valence-electron chi connectivity index (χ3n) is 5.39. The zero-order valence-corrected chi connectivity index (χ0v) is 20.4. The number of amides is 2. The molecule has 0 unspecified atom stereocenters. The molecule has 0 aromatic carbocycles. The van der Waals surface area contributed by atoms with Crippen molar-refractivity contribution in [2.24, 2.45) is 7.05 Å². The largest absolute Gasteiger partial charge is 0.471 e. The van der Waals surface area contributed by atoms with Crippen LogP contribution in [-0.2, 0) is 19.8 Å². The van der Waals surface area contributed by atoms with E-state index >= 15 is 0 Å². The van der Waals surface area contributed by atoms with Crippen molar-refractivity contribution in [3.05, 3.63) is 41.3 Å². The summed E-state index contributed by atoms with van der Waals surface area (Å²) in [5.74, 6) is -3.23. The fraction of sp³-hybridized carbons (Fsp3) is 0.409. The van der Waals surface area contributed by atoms with E-state index in [1.807, 2.05) is 0 Å². The molecule has 1 aliphatic rings. The van der Waals surface area contributed by atoms with E-state index in [1.54, 1.807) is 0 Å². The van der Waals surface area contributed by atoms with Gasteiger partial charge >= 0.3 is 12.2 Å². The summed E-state index contributed by atoms with van der Waals surface area (Å²) in [5.41, 5.74) is -0.768. The highest BCUT2D eigenvalue weighted by atomic mass is 19.4. The molecule has 0 bridgehead atoms. The van der Waals surface area contributed by atoms with Crippen LogP contribution in [0.25, 0.3) is 11.3 Å². The van der Waals surface area contributed by atoms with Gasteiger partial charge in [0, 0.05) is 25.4 Å². The Bertz CT molecular complexity index is 1350. The molecule has 0 radical (unpaired) electrons. The molecule has 0 atom stereocenters. The molecule has 0 aliphatic carbocycles. The predicted octanol–water partition coefficient (Wildman–Crippen LogP) is 4.02. The van der Waals surface area contributed by atoms with E-state index in [9.17, 15) is 35.5 Å². The predicted molar refractivity (Wildman–Crippen MR) is 123 cm³/mol. The van der Waals surface area contributed by atoms with Crippen LogP contribution >= 0.6 is 0 Å². The second-order valence-corrected chi connectivity index (χ2v) is 8.70. The number of aryl methyl sites for hydroxylation is 2. The average molecular weight is 562 g/mol. The molecule has 0 saturated carbocycles. The Hall–Kier alpha value is -4.18. The monoisotopic (exact) mass is 562 g/mol. The molecule has 3 aromatic rings. The first-order valence-electron chi connectivity index (χ1n) is 11.3. The normalized spacial score (nSPS) is 14.8. The van der Waals surface area contributed by atoms with Crippen molar-refractivity contribution in [1.82, 2.24) is 30.3 Å². The standard InChI is InChI=1S/C22H21F7N8O2/c1-11-3-13(33-34-18(11)14-7-36(2)35-19(14)22(27,28)29)6-30-20(38)31-12-4-16(37-9-21(25,26)10-37)32-17(5-12)39-8-15(23)24/h3-5,7,15H,6,8-10H2,1-2H3,(H2,30,31,32,38). The molecule has 3 aromatic heterocycles. The Labute approximate surface area is 216 Å². The molecule has 2 amide bonds. The summed E-state index contributed by atoms with van der Waals surface area (Å²) in [4.78, 5) is 17.6. The van der Waals surface area contributed by atoms with Crippen LogP contribution in [0, 0.1) is 6.92 Å². The van der Waals surface area contributed by atoms with Gasteiger partial charge < -0.3 is 20.3 Å². The van der Waals surface area contributed by atoms with Gasteiger partial charge in [-0.1, -0.05) is 0 Å². The Kier molecular flexibility index (Phi) is 7.52. The minimum Gasteiger partial charge on any atom is -0.471 e. The highest BCUT2D eigenvalue weighted by molar-refractivity contribution is 5.89. The summed E-state index contributed by atoms with van der Waals surface area (Å²) < 4.78 is 97.5. The number of anilines is 2. The first kappa shape index (κ1) is 27.8. The van der Waals surface area contributed by atoms with E-state index in [0.29, 0.717) is 5.56 Å². The fourth-order valence-corrected chi connectivity index (χ4v) is 3.73. The molecule has 4 rings (SSSR count). The van der Waals surface area contributed by atoms with Crippen molar-refractivity contribution >= 4 is 17.5 Å². The third kappa shape index (κ3) is 6.83. The number of halogens is 7. The quantitative estimate of drug-likeness (QED) is 0.399. The number of hydrogen-bond acceptors (Lipinski definition) is 7. The lowest BCUT2D eigenvalue weighted by molar-refractivity contribution is -0.141. The number of alkyl halides is 7. The fourth-order valence-electron chi connectivity index (χ4n) is 3.73. The zero-order chi connectivity index (χ0) is 28.5. The van der Waals surface area contributed by atoms with Crippen LogP contribution in [0.3, 0.4) is 0 Å². The molecular weight excluding hydrogens is 541 g/mol. The third-order valence-corrected chi connectivity index (χ3v) is 5.39. The van der Waals surface area contributed by atoms with Gasteiger partial charge in [-0.3, -0.25) is 4.68 Å². The molecular formula is C22H21F7N8O2. The van der Waals surface area contributed by atoms with Crippen LogP contribution in [0.5, 0.6) is 5.88 Å². The van der Waals surface area contributed by atoms with Gasteiger partial charge in [0.2, 0.25) is 5.88 Å². The molecule has 1 aliphatic heterocycles. The van der Waals surface area contributed by atoms with Gasteiger partial charge in [0.1, 0.15) is 5.82 Å². The molecule has 39 heavy (non-hydrogen) atoms. The number of ether oxygens (including phenoxy) is 1. The van der Waals surface area contributed by atoms with Gasteiger partial charge in [0.25, 0.3) is 12.3 Å². The summed E-state index contributed by atoms with van der Waals surface area (Å²) in [7, 11) is 1.34. The Morgan fingerprint density at radius 1 is 1.18 bits per heavy atom. The van der Waals surface area contributed by atoms with E-state index in [2.05, 4.69) is 30.9 Å². The molecule has 10 nitrogen and oxygen atoms in total. The number of hydrogen-bond donors (Lipinski definition) is 2. The lowest BCUT2D eigenvalue weighted by Crippen LogP contribution is -2.56. The van der Waals surface area contributed by atoms with Gasteiger partial charge in [0.15, 0.2) is 12.3 Å². The Morgan fingerprint density at radius 3 is 2.51 bits per heavy atom. The van der Waals surface area contributed by atoms with E-state index in [1.165, 1.54) is 37.2 Å². The van der Waals surface area contributed by atoms with Crippen LogP contribution < -0.4 is 20.3 Å². The number of nitrogens with one attached hydrogen (secondary N) is 2. The van der Waals surface area contributed by atoms with Crippen molar-refractivity contribution in [2.75, 3.05) is 29.9 Å². The molecule has 1 fully saturated rings. The second kappa shape index (κ2) is 10.5. The number of nitrogens with zero attached hydrogens (tertiary/aromatic N) is 6. The van der Waals surface area contributed by atoms with Crippen molar-refractivity contribution in [1.29, 1.82) is 0 Å². The molecule has 210 valence electrons. The summed E-state index contributed by atoms with van der Waals surface area (Å²) in [6.07, 6.45) is -6.33. The highest BCUT2D eigenvalue weighted by Gasteiger charge is 2.44. The smallest absolute Gasteiger partial charge is 0.435 e.